The molecule has 0 amide bonds. The van der Waals surface area contributed by atoms with Crippen LogP contribution in [0.2, 0.25) is 0 Å². The van der Waals surface area contributed by atoms with E-state index in [-0.39, 0.29) is 0 Å². The van der Waals surface area contributed by atoms with Gasteiger partial charge in [-0.25, -0.2) is 4.79 Å². The van der Waals surface area contributed by atoms with E-state index < -0.39 is 5.97 Å². The lowest BCUT2D eigenvalue weighted by molar-refractivity contribution is 0.0702. The quantitative estimate of drug-likeness (QED) is 0.778. The molecule has 0 saturated heterocycles. The Balaban J connectivity index is 2.18. The molecule has 3 N–H and O–H groups in total. The minimum atomic E-state index is -0.876. The van der Waals surface area contributed by atoms with E-state index in [1.165, 1.54) is 24.2 Å². The Kier molecular flexibility index (Phi) is 2.00. The van der Waals surface area contributed by atoms with Crippen LogP contribution in [0.3, 0.4) is 0 Å². The zero-order chi connectivity index (χ0) is 9.42. The van der Waals surface area contributed by atoms with Gasteiger partial charge in [-0.1, -0.05) is 0 Å². The summed E-state index contributed by atoms with van der Waals surface area (Å²) >= 11 is 1.31. The highest BCUT2D eigenvalue weighted by atomic mass is 32.1. The van der Waals surface area contributed by atoms with Crippen LogP contribution in [-0.4, -0.2) is 11.1 Å². The number of hydrogen-bond donors (Lipinski definition) is 2. The summed E-state index contributed by atoms with van der Waals surface area (Å²) < 4.78 is 0. The van der Waals surface area contributed by atoms with Gasteiger partial charge in [-0.3, -0.25) is 0 Å². The van der Waals surface area contributed by atoms with Gasteiger partial charge in [-0.15, -0.1) is 11.3 Å². The predicted molar refractivity (Wildman–Crippen MR) is 52.1 cm³/mol. The lowest BCUT2D eigenvalue weighted by Crippen LogP contribution is -1.90. The molecule has 1 saturated carbocycles. The highest BCUT2D eigenvalue weighted by Gasteiger charge is 2.24. The average molecular weight is 197 g/mol. The molecule has 0 unspecified atom stereocenters. The number of anilines is 1. The van der Waals surface area contributed by atoms with Crippen molar-refractivity contribution in [2.24, 2.45) is 5.92 Å². The molecule has 1 aromatic rings. The molecule has 2 rings (SSSR count). The molecular weight excluding hydrogens is 186 g/mol. The van der Waals surface area contributed by atoms with E-state index in [1.807, 2.05) is 0 Å². The van der Waals surface area contributed by atoms with E-state index in [4.69, 9.17) is 10.8 Å². The minimum absolute atomic E-state index is 0.355. The van der Waals surface area contributed by atoms with Crippen molar-refractivity contribution in [3.63, 3.8) is 0 Å². The number of carboxylic acid groups (broad SMARTS) is 1. The van der Waals surface area contributed by atoms with Crippen molar-refractivity contribution < 1.29 is 9.90 Å². The summed E-state index contributed by atoms with van der Waals surface area (Å²) in [5.74, 6) is -0.124. The van der Waals surface area contributed by atoms with Gasteiger partial charge in [-0.05, 0) is 31.2 Å². The summed E-state index contributed by atoms with van der Waals surface area (Å²) in [7, 11) is 0. The number of nitrogens with two attached hydrogens (primary N) is 1. The summed E-state index contributed by atoms with van der Waals surface area (Å²) in [4.78, 5) is 12.0. The monoisotopic (exact) mass is 197 g/mol. The van der Waals surface area contributed by atoms with Crippen LogP contribution in [0.25, 0.3) is 0 Å². The van der Waals surface area contributed by atoms with Crippen molar-refractivity contribution in [1.29, 1.82) is 0 Å². The maximum Gasteiger partial charge on any atom is 0.345 e. The van der Waals surface area contributed by atoms with Crippen LogP contribution in [0.15, 0.2) is 6.07 Å². The normalized spacial score (nSPS) is 16.0. The highest BCUT2D eigenvalue weighted by molar-refractivity contribution is 7.14. The van der Waals surface area contributed by atoms with Gasteiger partial charge in [0.1, 0.15) is 4.88 Å². The molecule has 1 aliphatic carbocycles. The minimum Gasteiger partial charge on any atom is -0.477 e. The van der Waals surface area contributed by atoms with Crippen molar-refractivity contribution in [2.75, 3.05) is 5.73 Å². The molecule has 0 spiro atoms. The van der Waals surface area contributed by atoms with Crippen molar-refractivity contribution in [3.05, 3.63) is 15.8 Å². The highest BCUT2D eigenvalue weighted by Crippen LogP contribution is 2.37. The molecule has 0 aliphatic heterocycles. The molecule has 13 heavy (non-hydrogen) atoms. The Morgan fingerprint density at radius 2 is 2.38 bits per heavy atom. The molecule has 3 nitrogen and oxygen atoms in total. The van der Waals surface area contributed by atoms with E-state index in [9.17, 15) is 4.79 Å². The number of nitrogen functional groups attached to an aromatic ring is 1. The van der Waals surface area contributed by atoms with Crippen molar-refractivity contribution in [3.8, 4) is 0 Å². The second-order valence-electron chi connectivity index (χ2n) is 3.44. The molecule has 0 atom stereocenters. The second-order valence-corrected chi connectivity index (χ2v) is 4.58. The van der Waals surface area contributed by atoms with Gasteiger partial charge in [-0.2, -0.15) is 0 Å². The lowest BCUT2D eigenvalue weighted by Gasteiger charge is -1.94. The van der Waals surface area contributed by atoms with Gasteiger partial charge in [0.05, 0.1) is 0 Å². The zero-order valence-corrected chi connectivity index (χ0v) is 7.93. The molecule has 1 heterocycles. The average Bonchev–Trinajstić information content (AvgIpc) is 2.78. The Morgan fingerprint density at radius 1 is 1.69 bits per heavy atom. The van der Waals surface area contributed by atoms with Crippen LogP contribution in [-0.2, 0) is 6.42 Å². The Hall–Kier alpha value is -1.03. The van der Waals surface area contributed by atoms with Crippen LogP contribution in [0.4, 0.5) is 5.69 Å². The molecular formula is C9H11NO2S. The van der Waals surface area contributed by atoms with Crippen LogP contribution in [0, 0.1) is 5.92 Å². The summed E-state index contributed by atoms with van der Waals surface area (Å²) in [6.07, 6.45) is 3.49. The zero-order valence-electron chi connectivity index (χ0n) is 7.12. The molecule has 1 fully saturated rings. The summed E-state index contributed by atoms with van der Waals surface area (Å²) in [6, 6.07) is 1.56. The standard InChI is InChI=1S/C9H11NO2S/c10-6-4-8(9(11)12)13-7(6)3-5-1-2-5/h4-5H,1-3,10H2,(H,11,12). The lowest BCUT2D eigenvalue weighted by atomic mass is 10.2. The Labute approximate surface area is 80.2 Å². The van der Waals surface area contributed by atoms with Gasteiger partial charge in [0.15, 0.2) is 0 Å². The number of aromatic carboxylic acids is 1. The summed E-state index contributed by atoms with van der Waals surface area (Å²) in [6.45, 7) is 0. The fraction of sp³-hybridized carbons (Fsp3) is 0.444. The van der Waals surface area contributed by atoms with Gasteiger partial charge >= 0.3 is 5.97 Å². The van der Waals surface area contributed by atoms with Crippen LogP contribution in [0.1, 0.15) is 27.4 Å². The van der Waals surface area contributed by atoms with E-state index in [0.717, 1.165) is 17.2 Å². The molecule has 1 aromatic heterocycles. The third kappa shape index (κ3) is 1.83. The van der Waals surface area contributed by atoms with E-state index in [0.29, 0.717) is 10.6 Å². The van der Waals surface area contributed by atoms with Gasteiger partial charge in [0, 0.05) is 10.6 Å². The van der Waals surface area contributed by atoms with Crippen molar-refractivity contribution in [1.82, 2.24) is 0 Å². The molecule has 0 aromatic carbocycles. The summed E-state index contributed by atoms with van der Waals surface area (Å²) in [5, 5.41) is 8.73. The molecule has 0 bridgehead atoms. The largest absolute Gasteiger partial charge is 0.477 e. The molecule has 4 heteroatoms. The third-order valence-electron chi connectivity index (χ3n) is 2.22. The topological polar surface area (TPSA) is 63.3 Å². The first kappa shape index (κ1) is 8.56. The van der Waals surface area contributed by atoms with Crippen LogP contribution < -0.4 is 5.73 Å². The number of carboxylic acids is 1. The third-order valence-corrected chi connectivity index (χ3v) is 3.38. The van der Waals surface area contributed by atoms with Gasteiger partial charge < -0.3 is 10.8 Å². The first-order chi connectivity index (χ1) is 6.16. The number of hydrogen-bond acceptors (Lipinski definition) is 3. The molecule has 0 radical (unpaired) electrons. The second kappa shape index (κ2) is 3.03. The first-order valence-electron chi connectivity index (χ1n) is 4.28. The van der Waals surface area contributed by atoms with Crippen molar-refractivity contribution >= 4 is 23.0 Å². The number of rotatable bonds is 3. The number of carbonyl (C=O) groups is 1. The van der Waals surface area contributed by atoms with Gasteiger partial charge in [0.2, 0.25) is 0 Å². The van der Waals surface area contributed by atoms with Crippen LogP contribution in [0.5, 0.6) is 0 Å². The molecule has 1 aliphatic rings. The first-order valence-corrected chi connectivity index (χ1v) is 5.10. The Morgan fingerprint density at radius 3 is 2.85 bits per heavy atom. The SMILES string of the molecule is Nc1cc(C(=O)O)sc1CC1CC1. The van der Waals surface area contributed by atoms with Crippen molar-refractivity contribution in [2.45, 2.75) is 19.3 Å². The maximum atomic E-state index is 10.6. The van der Waals surface area contributed by atoms with Gasteiger partial charge in [0.25, 0.3) is 0 Å². The predicted octanol–water partition coefficient (Wildman–Crippen LogP) is 1.98. The van der Waals surface area contributed by atoms with E-state index in [2.05, 4.69) is 0 Å². The number of thiophene rings is 1. The van der Waals surface area contributed by atoms with E-state index in [1.54, 1.807) is 6.07 Å². The van der Waals surface area contributed by atoms with Crippen LogP contribution >= 0.6 is 11.3 Å². The smallest absolute Gasteiger partial charge is 0.345 e. The molecule has 70 valence electrons. The Bertz CT molecular complexity index is 341. The summed E-state index contributed by atoms with van der Waals surface area (Å²) in [5.41, 5.74) is 6.35. The fourth-order valence-corrected chi connectivity index (χ4v) is 2.33. The van der Waals surface area contributed by atoms with E-state index >= 15 is 0 Å². The maximum absolute atomic E-state index is 10.6. The fourth-order valence-electron chi connectivity index (χ4n) is 1.29.